The summed E-state index contributed by atoms with van der Waals surface area (Å²) in [5, 5.41) is 0. The molecule has 0 radical (unpaired) electrons. The van der Waals surface area contributed by atoms with E-state index in [1.165, 1.54) is 0 Å². The molecular weight excluding hydrogens is 219 g/mol. The molecule has 5 heteroatoms. The molecule has 0 bridgehead atoms. The van der Waals surface area contributed by atoms with Crippen LogP contribution in [0.25, 0.3) is 0 Å². The van der Waals surface area contributed by atoms with Gasteiger partial charge in [-0.3, -0.25) is 0 Å². The molecule has 0 aromatic carbocycles. The van der Waals surface area contributed by atoms with Gasteiger partial charge in [-0.2, -0.15) is 0 Å². The van der Waals surface area contributed by atoms with E-state index in [1.807, 2.05) is 0 Å². The quantitative estimate of drug-likeness (QED) is 0.646. The fraction of sp³-hybridized carbons (Fsp3) is 0.833. The third kappa shape index (κ3) is 1.68. The van der Waals surface area contributed by atoms with Crippen LogP contribution in [-0.2, 0) is 18.8 Å². The maximum atomic E-state index is 6.00. The molecule has 17 heavy (non-hydrogen) atoms. The Hall–Kier alpha value is -0.355. The van der Waals surface area contributed by atoms with Gasteiger partial charge in [0, 0.05) is 0 Å². The molecule has 0 atom stereocenters. The van der Waals surface area contributed by atoms with Crippen molar-refractivity contribution >= 4 is 7.12 Å². The number of rotatable bonds is 1. The van der Waals surface area contributed by atoms with Crippen molar-refractivity contribution in [2.75, 3.05) is 19.8 Å². The second kappa shape index (κ2) is 3.35. The second-order valence-corrected chi connectivity index (χ2v) is 6.15. The smallest absolute Gasteiger partial charge is 0.400 e. The first-order chi connectivity index (χ1) is 7.84. The van der Waals surface area contributed by atoms with Crippen molar-refractivity contribution in [2.24, 2.45) is 0 Å². The van der Waals surface area contributed by atoms with E-state index >= 15 is 0 Å². The van der Waals surface area contributed by atoms with Crippen LogP contribution in [-0.4, -0.2) is 43.7 Å². The third-order valence-corrected chi connectivity index (χ3v) is 4.22. The Morgan fingerprint density at radius 1 is 1.06 bits per heavy atom. The summed E-state index contributed by atoms with van der Waals surface area (Å²) >= 11 is 0. The summed E-state index contributed by atoms with van der Waals surface area (Å²) in [6.45, 7) is 10.1. The zero-order valence-electron chi connectivity index (χ0n) is 10.9. The van der Waals surface area contributed by atoms with E-state index < -0.39 is 0 Å². The minimum atomic E-state index is -0.287. The molecule has 0 saturated carbocycles. The van der Waals surface area contributed by atoms with Gasteiger partial charge in [0.1, 0.15) is 5.60 Å². The van der Waals surface area contributed by atoms with E-state index in [0.29, 0.717) is 19.8 Å². The fourth-order valence-electron chi connectivity index (χ4n) is 2.25. The van der Waals surface area contributed by atoms with Gasteiger partial charge in [0.15, 0.2) is 0 Å². The second-order valence-electron chi connectivity index (χ2n) is 6.15. The zero-order chi connectivity index (χ0) is 12.3. The maximum absolute atomic E-state index is 6.00. The maximum Gasteiger partial charge on any atom is 0.492 e. The van der Waals surface area contributed by atoms with E-state index in [-0.39, 0.29) is 23.9 Å². The van der Waals surface area contributed by atoms with Crippen LogP contribution in [0.1, 0.15) is 27.7 Å². The first kappa shape index (κ1) is 11.7. The molecule has 1 spiro atoms. The average molecular weight is 238 g/mol. The molecule has 3 aliphatic heterocycles. The summed E-state index contributed by atoms with van der Waals surface area (Å²) in [6.07, 6.45) is 2.12. The van der Waals surface area contributed by atoms with Gasteiger partial charge >= 0.3 is 7.12 Å². The average Bonchev–Trinajstić information content (AvgIpc) is 2.66. The van der Waals surface area contributed by atoms with Gasteiger partial charge in [0.2, 0.25) is 0 Å². The highest BCUT2D eigenvalue weighted by molar-refractivity contribution is 6.54. The Morgan fingerprint density at radius 2 is 1.65 bits per heavy atom. The van der Waals surface area contributed by atoms with E-state index in [4.69, 9.17) is 18.8 Å². The first-order valence-corrected chi connectivity index (χ1v) is 6.13. The molecule has 4 nitrogen and oxygen atoms in total. The van der Waals surface area contributed by atoms with E-state index in [2.05, 4.69) is 33.8 Å². The van der Waals surface area contributed by atoms with Crippen LogP contribution < -0.4 is 0 Å². The van der Waals surface area contributed by atoms with Crippen LogP contribution in [0.15, 0.2) is 11.5 Å². The summed E-state index contributed by atoms with van der Waals surface area (Å²) in [7, 11) is -0.278. The Balaban J connectivity index is 1.78. The first-order valence-electron chi connectivity index (χ1n) is 6.13. The molecule has 0 aromatic heterocycles. The molecular formula is C12H19BO4. The summed E-state index contributed by atoms with van der Waals surface area (Å²) in [5.74, 6) is 0. The van der Waals surface area contributed by atoms with E-state index in [1.54, 1.807) is 0 Å². The summed E-state index contributed by atoms with van der Waals surface area (Å²) < 4.78 is 23.0. The largest absolute Gasteiger partial charge is 0.492 e. The van der Waals surface area contributed by atoms with Crippen molar-refractivity contribution in [1.29, 1.82) is 0 Å². The Labute approximate surface area is 102 Å². The molecule has 2 saturated heterocycles. The van der Waals surface area contributed by atoms with Crippen molar-refractivity contribution in [3.8, 4) is 0 Å². The molecule has 94 valence electrons. The van der Waals surface area contributed by atoms with Gasteiger partial charge in [0.25, 0.3) is 0 Å². The normalized spacial score (nSPS) is 32.7. The van der Waals surface area contributed by atoms with Crippen molar-refractivity contribution in [3.63, 3.8) is 0 Å². The predicted molar refractivity (Wildman–Crippen MR) is 63.7 cm³/mol. The lowest BCUT2D eigenvalue weighted by molar-refractivity contribution is -0.165. The number of hydrogen-bond donors (Lipinski definition) is 0. The van der Waals surface area contributed by atoms with Crippen LogP contribution in [0.3, 0.4) is 0 Å². The lowest BCUT2D eigenvalue weighted by atomic mass is 9.77. The monoisotopic (exact) mass is 238 g/mol. The lowest BCUT2D eigenvalue weighted by Crippen LogP contribution is -2.48. The minimum Gasteiger partial charge on any atom is -0.400 e. The number of ether oxygens (including phenoxy) is 2. The van der Waals surface area contributed by atoms with Gasteiger partial charge < -0.3 is 18.8 Å². The highest BCUT2D eigenvalue weighted by Crippen LogP contribution is 2.41. The fourth-order valence-corrected chi connectivity index (χ4v) is 2.25. The van der Waals surface area contributed by atoms with Crippen molar-refractivity contribution in [2.45, 2.75) is 44.5 Å². The van der Waals surface area contributed by atoms with Crippen LogP contribution in [0, 0.1) is 0 Å². The lowest BCUT2D eigenvalue weighted by Gasteiger charge is -2.35. The van der Waals surface area contributed by atoms with Crippen molar-refractivity contribution in [1.82, 2.24) is 0 Å². The SMILES string of the molecule is CC1(C)OB(C2=CC3(COC3)OC2)OC1(C)C. The van der Waals surface area contributed by atoms with Gasteiger partial charge in [-0.1, -0.05) is 6.08 Å². The molecule has 3 aliphatic rings. The third-order valence-electron chi connectivity index (χ3n) is 4.22. The molecule has 0 unspecified atom stereocenters. The molecule has 3 rings (SSSR count). The summed E-state index contributed by atoms with van der Waals surface area (Å²) in [5.41, 5.74) is 0.320. The molecule has 0 N–H and O–H groups in total. The Kier molecular flexibility index (Phi) is 2.31. The molecule has 3 heterocycles. The standard InChI is InChI=1S/C12H19BO4/c1-10(2)11(3,4)17-13(16-10)9-5-12(15-6-9)7-14-8-12/h5H,6-8H2,1-4H3. The molecule has 0 aromatic rings. The van der Waals surface area contributed by atoms with E-state index in [9.17, 15) is 0 Å². The van der Waals surface area contributed by atoms with Gasteiger partial charge in [-0.25, -0.2) is 0 Å². The number of hydrogen-bond acceptors (Lipinski definition) is 4. The molecule has 0 aliphatic carbocycles. The van der Waals surface area contributed by atoms with Gasteiger partial charge in [-0.05, 0) is 33.2 Å². The Bertz CT molecular complexity index is 355. The predicted octanol–water partition coefficient (Wildman–Crippen LogP) is 1.34. The van der Waals surface area contributed by atoms with Crippen molar-refractivity contribution in [3.05, 3.63) is 11.5 Å². The highest BCUT2D eigenvalue weighted by atomic mass is 16.7. The Morgan fingerprint density at radius 3 is 2.06 bits per heavy atom. The highest BCUT2D eigenvalue weighted by Gasteiger charge is 2.54. The van der Waals surface area contributed by atoms with Gasteiger partial charge in [0.05, 0.1) is 31.0 Å². The molecule has 2 fully saturated rings. The minimum absolute atomic E-state index is 0.196. The van der Waals surface area contributed by atoms with Crippen LogP contribution in [0.5, 0.6) is 0 Å². The summed E-state index contributed by atoms with van der Waals surface area (Å²) in [4.78, 5) is 0. The zero-order valence-corrected chi connectivity index (χ0v) is 10.9. The van der Waals surface area contributed by atoms with Crippen LogP contribution in [0.4, 0.5) is 0 Å². The topological polar surface area (TPSA) is 36.9 Å². The molecule has 0 amide bonds. The summed E-state index contributed by atoms with van der Waals surface area (Å²) in [6, 6.07) is 0. The van der Waals surface area contributed by atoms with Crippen LogP contribution >= 0.6 is 0 Å². The van der Waals surface area contributed by atoms with Crippen molar-refractivity contribution < 1.29 is 18.8 Å². The van der Waals surface area contributed by atoms with Crippen LogP contribution in [0.2, 0.25) is 0 Å². The van der Waals surface area contributed by atoms with Gasteiger partial charge in [-0.15, -0.1) is 0 Å². The van der Waals surface area contributed by atoms with E-state index in [0.717, 1.165) is 5.47 Å².